The molecule has 0 saturated carbocycles. The predicted octanol–water partition coefficient (Wildman–Crippen LogP) is 1.92. The van der Waals surface area contributed by atoms with E-state index < -0.39 is 0 Å². The molecule has 3 nitrogen and oxygen atoms in total. The van der Waals surface area contributed by atoms with E-state index in [1.54, 1.807) is 0 Å². The van der Waals surface area contributed by atoms with Crippen LogP contribution in [0, 0.1) is 0 Å². The highest BCUT2D eigenvalue weighted by molar-refractivity contribution is 6.31. The molecule has 1 aliphatic rings. The van der Waals surface area contributed by atoms with Crippen LogP contribution < -0.4 is 5.32 Å². The minimum Gasteiger partial charge on any atom is -0.465 e. The Bertz CT molecular complexity index is 406. The van der Waals surface area contributed by atoms with E-state index in [1.807, 2.05) is 25.1 Å². The van der Waals surface area contributed by atoms with Crippen LogP contribution in [0.2, 0.25) is 5.02 Å². The van der Waals surface area contributed by atoms with E-state index in [9.17, 15) is 4.79 Å². The number of esters is 1. The van der Waals surface area contributed by atoms with Gasteiger partial charge in [0.05, 0.1) is 6.61 Å². The Morgan fingerprint density at radius 3 is 3.19 bits per heavy atom. The smallest absolute Gasteiger partial charge is 0.323 e. The molecule has 4 heteroatoms. The van der Waals surface area contributed by atoms with Crippen molar-refractivity contribution in [1.82, 2.24) is 5.32 Å². The Hall–Kier alpha value is -1.06. The number of nitrogens with one attached hydrogen (secondary N) is 1. The molecule has 0 amide bonds. The number of fused-ring (bicyclic) bond motifs is 1. The van der Waals surface area contributed by atoms with E-state index in [0.29, 0.717) is 19.6 Å². The molecule has 1 heterocycles. The second-order valence-corrected chi connectivity index (χ2v) is 4.17. The summed E-state index contributed by atoms with van der Waals surface area (Å²) < 4.78 is 4.99. The lowest BCUT2D eigenvalue weighted by molar-refractivity contribution is -0.145. The fraction of sp³-hybridized carbons (Fsp3) is 0.417. The fourth-order valence-corrected chi connectivity index (χ4v) is 2.19. The second kappa shape index (κ2) is 4.85. The Morgan fingerprint density at radius 2 is 2.44 bits per heavy atom. The zero-order valence-corrected chi connectivity index (χ0v) is 9.88. The van der Waals surface area contributed by atoms with Crippen molar-refractivity contribution in [3.05, 3.63) is 34.3 Å². The molecule has 0 saturated heterocycles. The van der Waals surface area contributed by atoms with Crippen LogP contribution in [0.5, 0.6) is 0 Å². The average molecular weight is 240 g/mol. The zero-order valence-electron chi connectivity index (χ0n) is 9.13. The average Bonchev–Trinajstić information content (AvgIpc) is 2.29. The first-order valence-electron chi connectivity index (χ1n) is 5.38. The molecule has 2 rings (SSSR count). The predicted molar refractivity (Wildman–Crippen MR) is 62.4 cm³/mol. The monoisotopic (exact) mass is 239 g/mol. The van der Waals surface area contributed by atoms with Crippen LogP contribution in [0.1, 0.15) is 18.1 Å². The number of benzene rings is 1. The highest BCUT2D eigenvalue weighted by atomic mass is 35.5. The summed E-state index contributed by atoms with van der Waals surface area (Å²) in [5.74, 6) is -0.201. The van der Waals surface area contributed by atoms with Crippen LogP contribution in [0.25, 0.3) is 0 Å². The minimum atomic E-state index is -0.271. The largest absolute Gasteiger partial charge is 0.465 e. The van der Waals surface area contributed by atoms with Crippen LogP contribution in [0.3, 0.4) is 0 Å². The third-order valence-corrected chi connectivity index (χ3v) is 3.09. The number of carbonyl (C=O) groups excluding carboxylic acids is 1. The van der Waals surface area contributed by atoms with E-state index in [0.717, 1.165) is 16.1 Å². The molecule has 0 fully saturated rings. The van der Waals surface area contributed by atoms with Crippen LogP contribution >= 0.6 is 11.6 Å². The normalized spacial score (nSPS) is 19.0. The van der Waals surface area contributed by atoms with Crippen molar-refractivity contribution in [1.29, 1.82) is 0 Å². The molecule has 0 unspecified atom stereocenters. The van der Waals surface area contributed by atoms with Gasteiger partial charge in [-0.3, -0.25) is 4.79 Å². The highest BCUT2D eigenvalue weighted by Gasteiger charge is 2.26. The van der Waals surface area contributed by atoms with E-state index in [4.69, 9.17) is 16.3 Å². The van der Waals surface area contributed by atoms with Gasteiger partial charge in [-0.15, -0.1) is 0 Å². The van der Waals surface area contributed by atoms with Crippen molar-refractivity contribution >= 4 is 17.6 Å². The lowest BCUT2D eigenvalue weighted by atomic mass is 9.96. The van der Waals surface area contributed by atoms with E-state index in [1.165, 1.54) is 0 Å². The summed E-state index contributed by atoms with van der Waals surface area (Å²) >= 11 is 6.11. The van der Waals surface area contributed by atoms with Crippen molar-refractivity contribution in [2.75, 3.05) is 6.61 Å². The molecular weight excluding hydrogens is 226 g/mol. The fourth-order valence-electron chi connectivity index (χ4n) is 1.92. The summed E-state index contributed by atoms with van der Waals surface area (Å²) in [6, 6.07) is 5.53. The van der Waals surface area contributed by atoms with Crippen molar-refractivity contribution in [3.63, 3.8) is 0 Å². The zero-order chi connectivity index (χ0) is 11.5. The Labute approximate surface area is 99.7 Å². The third-order valence-electron chi connectivity index (χ3n) is 2.73. The minimum absolute atomic E-state index is 0.201. The quantitative estimate of drug-likeness (QED) is 0.802. The molecule has 1 aromatic rings. The summed E-state index contributed by atoms with van der Waals surface area (Å²) in [5, 5.41) is 3.88. The van der Waals surface area contributed by atoms with Gasteiger partial charge in [0.1, 0.15) is 6.04 Å². The van der Waals surface area contributed by atoms with Gasteiger partial charge >= 0.3 is 5.97 Å². The maximum Gasteiger partial charge on any atom is 0.323 e. The van der Waals surface area contributed by atoms with Crippen LogP contribution in [-0.4, -0.2) is 18.6 Å². The van der Waals surface area contributed by atoms with Gasteiger partial charge in [-0.05, 0) is 24.1 Å². The molecule has 0 aliphatic carbocycles. The summed E-state index contributed by atoms with van der Waals surface area (Å²) in [5.41, 5.74) is 2.22. The number of hydrogen-bond donors (Lipinski definition) is 1. The molecular formula is C12H14ClNO2. The van der Waals surface area contributed by atoms with Crippen LogP contribution in [-0.2, 0) is 22.5 Å². The van der Waals surface area contributed by atoms with Gasteiger partial charge in [0.2, 0.25) is 0 Å². The maximum absolute atomic E-state index is 11.6. The molecule has 86 valence electrons. The van der Waals surface area contributed by atoms with Crippen molar-refractivity contribution < 1.29 is 9.53 Å². The molecule has 0 radical (unpaired) electrons. The Morgan fingerprint density at radius 1 is 1.62 bits per heavy atom. The van der Waals surface area contributed by atoms with Gasteiger partial charge in [-0.2, -0.15) is 0 Å². The van der Waals surface area contributed by atoms with E-state index in [2.05, 4.69) is 5.32 Å². The molecule has 1 aromatic carbocycles. The first-order chi connectivity index (χ1) is 7.72. The number of halogens is 1. The van der Waals surface area contributed by atoms with Crippen molar-refractivity contribution in [3.8, 4) is 0 Å². The molecule has 1 atom stereocenters. The molecule has 16 heavy (non-hydrogen) atoms. The van der Waals surface area contributed by atoms with Gasteiger partial charge in [0.15, 0.2) is 0 Å². The Balaban J connectivity index is 2.17. The lowest BCUT2D eigenvalue weighted by Gasteiger charge is -2.25. The van der Waals surface area contributed by atoms with Gasteiger partial charge in [-0.25, -0.2) is 0 Å². The summed E-state index contributed by atoms with van der Waals surface area (Å²) in [4.78, 5) is 11.6. The number of ether oxygens (including phenoxy) is 1. The summed E-state index contributed by atoms with van der Waals surface area (Å²) in [6.07, 6.45) is 0.605. The first kappa shape index (κ1) is 11.4. The van der Waals surface area contributed by atoms with E-state index in [-0.39, 0.29) is 12.0 Å². The van der Waals surface area contributed by atoms with Gasteiger partial charge in [-0.1, -0.05) is 23.7 Å². The first-order valence-corrected chi connectivity index (χ1v) is 5.76. The standard InChI is InChI=1S/C12H14ClNO2/c1-2-16-12(15)11-6-9-8(7-14-11)4-3-5-10(9)13/h3-5,11,14H,2,6-7H2,1H3/t11-/m0/s1. The van der Waals surface area contributed by atoms with Crippen molar-refractivity contribution in [2.24, 2.45) is 0 Å². The van der Waals surface area contributed by atoms with Crippen LogP contribution in [0.15, 0.2) is 18.2 Å². The Kier molecular flexibility index (Phi) is 3.46. The molecule has 1 aliphatic heterocycles. The molecule has 0 spiro atoms. The van der Waals surface area contributed by atoms with E-state index >= 15 is 0 Å². The topological polar surface area (TPSA) is 38.3 Å². The summed E-state index contributed by atoms with van der Waals surface area (Å²) in [7, 11) is 0. The third kappa shape index (κ3) is 2.20. The number of carbonyl (C=O) groups is 1. The maximum atomic E-state index is 11.6. The number of hydrogen-bond acceptors (Lipinski definition) is 3. The van der Waals surface area contributed by atoms with Gasteiger partial charge < -0.3 is 10.1 Å². The summed E-state index contributed by atoms with van der Waals surface area (Å²) in [6.45, 7) is 2.88. The molecule has 0 bridgehead atoms. The molecule has 1 N–H and O–H groups in total. The second-order valence-electron chi connectivity index (χ2n) is 3.77. The number of rotatable bonds is 2. The van der Waals surface area contributed by atoms with Gasteiger partial charge in [0.25, 0.3) is 0 Å². The molecule has 0 aromatic heterocycles. The van der Waals surface area contributed by atoms with Crippen molar-refractivity contribution in [2.45, 2.75) is 25.9 Å². The SMILES string of the molecule is CCOC(=O)[C@@H]1Cc2c(Cl)cccc2CN1. The lowest BCUT2D eigenvalue weighted by Crippen LogP contribution is -2.42. The highest BCUT2D eigenvalue weighted by Crippen LogP contribution is 2.25. The van der Waals surface area contributed by atoms with Crippen LogP contribution in [0.4, 0.5) is 0 Å². The van der Waals surface area contributed by atoms with Gasteiger partial charge in [0, 0.05) is 18.0 Å².